The monoisotopic (exact) mass is 338 g/mol. The highest BCUT2D eigenvalue weighted by molar-refractivity contribution is 9.10. The fourth-order valence-electron chi connectivity index (χ4n) is 1.57. The lowest BCUT2D eigenvalue weighted by molar-refractivity contribution is -0.206. The van der Waals surface area contributed by atoms with Crippen molar-refractivity contribution in [2.45, 2.75) is 12.3 Å². The van der Waals surface area contributed by atoms with Crippen LogP contribution in [0.2, 0.25) is 0 Å². The second kappa shape index (κ2) is 4.49. The number of aliphatic hydroxyl groups excluding tert-OH is 1. The lowest BCUT2D eigenvalue weighted by Crippen LogP contribution is -2.21. The Morgan fingerprint density at radius 2 is 2.05 bits per heavy atom. The topological polar surface area (TPSA) is 74.8 Å². The van der Waals surface area contributed by atoms with Gasteiger partial charge in [0.2, 0.25) is 0 Å². The molecule has 2 N–H and O–H groups in total. The van der Waals surface area contributed by atoms with E-state index in [1.807, 2.05) is 0 Å². The second-order valence-electron chi connectivity index (χ2n) is 3.72. The Balaban J connectivity index is 2.69. The molecule has 0 spiro atoms. The van der Waals surface area contributed by atoms with Gasteiger partial charge in [-0.3, -0.25) is 0 Å². The highest BCUT2D eigenvalue weighted by Gasteiger charge is 2.41. The highest BCUT2D eigenvalue weighted by Crippen LogP contribution is 2.35. The van der Waals surface area contributed by atoms with Gasteiger partial charge in [-0.05, 0) is 22.0 Å². The van der Waals surface area contributed by atoms with Crippen molar-refractivity contribution < 1.29 is 28.2 Å². The zero-order chi connectivity index (χ0) is 14.4. The van der Waals surface area contributed by atoms with E-state index >= 15 is 0 Å². The third kappa shape index (κ3) is 2.56. The molecule has 0 amide bonds. The van der Waals surface area contributed by atoms with E-state index in [4.69, 9.17) is 5.11 Å². The molecule has 5 nitrogen and oxygen atoms in total. The van der Waals surface area contributed by atoms with Gasteiger partial charge in [0.1, 0.15) is 5.65 Å². The number of aliphatic hydroxyl groups is 1. The normalized spacial score (nSPS) is 13.7. The van der Waals surface area contributed by atoms with Crippen LogP contribution < -0.4 is 0 Å². The van der Waals surface area contributed by atoms with Crippen molar-refractivity contribution in [1.29, 1.82) is 0 Å². The number of pyridine rings is 1. The number of carbonyl (C=O) groups is 1. The van der Waals surface area contributed by atoms with E-state index < -0.39 is 29.5 Å². The first-order chi connectivity index (χ1) is 8.70. The predicted octanol–water partition coefficient (Wildman–Crippen LogP) is 2.39. The Morgan fingerprint density at radius 1 is 1.42 bits per heavy atom. The Kier molecular flexibility index (Phi) is 3.27. The standard InChI is InChI=1S/C10H6BrF3N2O3/c11-4-1-5(7(17)10(12,13)14)8-15-6(9(18)19)3-16(8)2-4/h1-3,7,17H,(H,18,19)/t7-/m1/s1. The first-order valence-corrected chi connectivity index (χ1v) is 5.65. The van der Waals surface area contributed by atoms with Crippen molar-refractivity contribution >= 4 is 27.5 Å². The summed E-state index contributed by atoms with van der Waals surface area (Å²) in [5, 5.41) is 18.1. The number of aromatic nitrogens is 2. The summed E-state index contributed by atoms with van der Waals surface area (Å²) in [5.74, 6) is -1.37. The van der Waals surface area contributed by atoms with Gasteiger partial charge in [0, 0.05) is 22.4 Å². The maximum Gasteiger partial charge on any atom is 0.418 e. The molecule has 0 fully saturated rings. The van der Waals surface area contributed by atoms with E-state index in [0.29, 0.717) is 0 Å². The van der Waals surface area contributed by atoms with Gasteiger partial charge in [-0.1, -0.05) is 0 Å². The number of carboxylic acids is 1. The predicted molar refractivity (Wildman–Crippen MR) is 60.9 cm³/mol. The molecule has 0 aliphatic carbocycles. The molecule has 9 heteroatoms. The number of alkyl halides is 3. The van der Waals surface area contributed by atoms with Crippen LogP contribution in [0, 0.1) is 0 Å². The average Bonchev–Trinajstić information content (AvgIpc) is 2.69. The van der Waals surface area contributed by atoms with Gasteiger partial charge in [0.25, 0.3) is 0 Å². The maximum atomic E-state index is 12.5. The first-order valence-electron chi connectivity index (χ1n) is 4.86. The average molecular weight is 339 g/mol. The summed E-state index contributed by atoms with van der Waals surface area (Å²) in [6, 6.07) is 1.05. The summed E-state index contributed by atoms with van der Waals surface area (Å²) in [6.07, 6.45) is -5.19. The molecule has 0 bridgehead atoms. The van der Waals surface area contributed by atoms with Gasteiger partial charge >= 0.3 is 12.1 Å². The number of hydrogen-bond donors (Lipinski definition) is 2. The summed E-state index contributed by atoms with van der Waals surface area (Å²) in [7, 11) is 0. The number of fused-ring (bicyclic) bond motifs is 1. The fourth-order valence-corrected chi connectivity index (χ4v) is 2.04. The lowest BCUT2D eigenvalue weighted by atomic mass is 10.1. The van der Waals surface area contributed by atoms with Crippen molar-refractivity contribution in [3.63, 3.8) is 0 Å². The van der Waals surface area contributed by atoms with Crippen LogP contribution in [-0.4, -0.2) is 31.7 Å². The van der Waals surface area contributed by atoms with Crippen LogP contribution in [0.5, 0.6) is 0 Å². The quantitative estimate of drug-likeness (QED) is 0.881. The summed E-state index contributed by atoms with van der Waals surface area (Å²) in [5.41, 5.74) is -1.19. The number of hydrogen-bond acceptors (Lipinski definition) is 3. The van der Waals surface area contributed by atoms with Gasteiger partial charge < -0.3 is 14.6 Å². The van der Waals surface area contributed by atoms with Crippen molar-refractivity contribution in [2.24, 2.45) is 0 Å². The zero-order valence-corrected chi connectivity index (χ0v) is 10.6. The van der Waals surface area contributed by atoms with E-state index in [0.717, 1.165) is 16.7 Å². The Bertz CT molecular complexity index is 653. The van der Waals surface area contributed by atoms with Gasteiger partial charge in [0.05, 0.1) is 0 Å². The lowest BCUT2D eigenvalue weighted by Gasteiger charge is -2.15. The van der Waals surface area contributed by atoms with Gasteiger partial charge in [-0.25, -0.2) is 9.78 Å². The van der Waals surface area contributed by atoms with Crippen LogP contribution in [0.3, 0.4) is 0 Å². The summed E-state index contributed by atoms with van der Waals surface area (Å²) in [6.45, 7) is 0. The summed E-state index contributed by atoms with van der Waals surface area (Å²) >= 11 is 2.99. The summed E-state index contributed by atoms with van der Waals surface area (Å²) in [4.78, 5) is 14.3. The first kappa shape index (κ1) is 13.8. The fraction of sp³-hybridized carbons (Fsp3) is 0.200. The minimum absolute atomic E-state index is 0.257. The molecule has 0 aliphatic rings. The highest BCUT2D eigenvalue weighted by atomic mass is 79.9. The second-order valence-corrected chi connectivity index (χ2v) is 4.64. The molecular weight excluding hydrogens is 333 g/mol. The molecular formula is C10H6BrF3N2O3. The van der Waals surface area contributed by atoms with Crippen molar-refractivity contribution in [3.8, 4) is 0 Å². The zero-order valence-electron chi connectivity index (χ0n) is 9.02. The number of carboxylic acid groups (broad SMARTS) is 1. The molecule has 2 aromatic heterocycles. The van der Waals surface area contributed by atoms with Crippen LogP contribution in [0.4, 0.5) is 13.2 Å². The molecule has 0 aliphatic heterocycles. The maximum absolute atomic E-state index is 12.5. The molecule has 0 saturated heterocycles. The number of imidazole rings is 1. The van der Waals surface area contributed by atoms with Crippen LogP contribution in [-0.2, 0) is 0 Å². The molecule has 0 unspecified atom stereocenters. The number of rotatable bonds is 2. The number of aromatic carboxylic acids is 1. The van der Waals surface area contributed by atoms with Crippen LogP contribution in [0.1, 0.15) is 22.2 Å². The minimum Gasteiger partial charge on any atom is -0.476 e. The number of halogens is 4. The van der Waals surface area contributed by atoms with E-state index in [2.05, 4.69) is 20.9 Å². The van der Waals surface area contributed by atoms with Gasteiger partial charge in [0.15, 0.2) is 11.8 Å². The van der Waals surface area contributed by atoms with E-state index in [9.17, 15) is 23.1 Å². The molecule has 0 saturated carbocycles. The number of nitrogens with zero attached hydrogens (tertiary/aromatic N) is 2. The van der Waals surface area contributed by atoms with E-state index in [1.165, 1.54) is 6.20 Å². The Morgan fingerprint density at radius 3 is 2.58 bits per heavy atom. The third-order valence-electron chi connectivity index (χ3n) is 2.37. The molecule has 2 rings (SSSR count). The van der Waals surface area contributed by atoms with Crippen LogP contribution in [0.15, 0.2) is 22.9 Å². The smallest absolute Gasteiger partial charge is 0.418 e. The molecule has 2 aromatic rings. The van der Waals surface area contributed by atoms with Gasteiger partial charge in [-0.2, -0.15) is 13.2 Å². The third-order valence-corrected chi connectivity index (χ3v) is 2.80. The molecule has 2 heterocycles. The minimum atomic E-state index is -4.86. The molecule has 102 valence electrons. The van der Waals surface area contributed by atoms with Crippen LogP contribution >= 0.6 is 15.9 Å². The molecule has 1 atom stereocenters. The molecule has 0 radical (unpaired) electrons. The largest absolute Gasteiger partial charge is 0.476 e. The van der Waals surface area contributed by atoms with Crippen molar-refractivity contribution in [3.05, 3.63) is 34.2 Å². The van der Waals surface area contributed by atoms with Gasteiger partial charge in [-0.15, -0.1) is 0 Å². The van der Waals surface area contributed by atoms with Crippen molar-refractivity contribution in [1.82, 2.24) is 9.38 Å². The van der Waals surface area contributed by atoms with Crippen molar-refractivity contribution in [2.75, 3.05) is 0 Å². The molecule has 0 aromatic carbocycles. The SMILES string of the molecule is O=C(O)c1cn2cc(Br)cc([C@@H](O)C(F)(F)F)c2n1. The van der Waals surface area contributed by atoms with E-state index in [1.54, 1.807) is 0 Å². The molecule has 19 heavy (non-hydrogen) atoms. The Labute approximate surface area is 112 Å². The van der Waals surface area contributed by atoms with E-state index in [-0.39, 0.29) is 10.1 Å². The summed E-state index contributed by atoms with van der Waals surface area (Å²) < 4.78 is 39.0. The Hall–Kier alpha value is -1.61. The van der Waals surface area contributed by atoms with Crippen LogP contribution in [0.25, 0.3) is 5.65 Å².